The van der Waals surface area contributed by atoms with Crippen LogP contribution in [0, 0.1) is 0 Å². The molecular weight excluding hydrogens is 689 g/mol. The molecule has 3 heterocycles. The van der Waals surface area contributed by atoms with Crippen molar-refractivity contribution >= 4 is 43.6 Å². The van der Waals surface area contributed by atoms with Gasteiger partial charge in [-0.3, -0.25) is 14.2 Å². The SMILES string of the molecule is COc1ccc(S(=O)(=O)N(CCO)CCO[C@@H]2C[C@H](c3cn(C(C)=O)c4ccccc34)C=C(C(=O)NCCc3c[nH]c4ccc(OC)cc34)O2)cc1. The number of carbonyl (C=O) groups excluding carboxylic acids is 2. The number of amides is 1. The zero-order valence-corrected chi connectivity index (χ0v) is 30.0. The molecule has 274 valence electrons. The number of fused-ring (bicyclic) bond motifs is 2. The Morgan fingerprint density at radius 1 is 1.02 bits per heavy atom. The molecule has 13 nitrogen and oxygen atoms in total. The molecule has 3 N–H and O–H groups in total. The number of rotatable bonds is 15. The second-order valence-electron chi connectivity index (χ2n) is 12.3. The van der Waals surface area contributed by atoms with E-state index in [1.165, 1.54) is 26.2 Å². The van der Waals surface area contributed by atoms with E-state index in [0.29, 0.717) is 25.1 Å². The van der Waals surface area contributed by atoms with Gasteiger partial charge in [-0.1, -0.05) is 18.2 Å². The van der Waals surface area contributed by atoms with E-state index >= 15 is 0 Å². The number of carbonyl (C=O) groups is 2. The maximum Gasteiger partial charge on any atom is 0.286 e. The first-order chi connectivity index (χ1) is 25.1. The normalized spacial score (nSPS) is 16.1. The van der Waals surface area contributed by atoms with Gasteiger partial charge < -0.3 is 34.4 Å². The number of hydrogen-bond donors (Lipinski definition) is 3. The van der Waals surface area contributed by atoms with E-state index in [0.717, 1.165) is 43.0 Å². The molecule has 0 bridgehead atoms. The Morgan fingerprint density at radius 2 is 1.77 bits per heavy atom. The lowest BCUT2D eigenvalue weighted by Crippen LogP contribution is -2.38. The molecule has 52 heavy (non-hydrogen) atoms. The average Bonchev–Trinajstić information content (AvgIpc) is 3.76. The first kappa shape index (κ1) is 36.6. The van der Waals surface area contributed by atoms with E-state index in [9.17, 15) is 23.1 Å². The molecule has 6 rings (SSSR count). The molecule has 0 saturated heterocycles. The van der Waals surface area contributed by atoms with Gasteiger partial charge in [0.2, 0.25) is 22.2 Å². The van der Waals surface area contributed by atoms with Gasteiger partial charge in [0.25, 0.3) is 5.91 Å². The third-order valence-corrected chi connectivity index (χ3v) is 11.0. The van der Waals surface area contributed by atoms with Crippen molar-refractivity contribution in [3.63, 3.8) is 0 Å². The third-order valence-electron chi connectivity index (χ3n) is 9.11. The van der Waals surface area contributed by atoms with Crippen LogP contribution < -0.4 is 14.8 Å². The summed E-state index contributed by atoms with van der Waals surface area (Å²) >= 11 is 0. The minimum atomic E-state index is -3.97. The zero-order chi connectivity index (χ0) is 36.8. The summed E-state index contributed by atoms with van der Waals surface area (Å²) in [7, 11) is -0.862. The van der Waals surface area contributed by atoms with Crippen LogP contribution in [-0.4, -0.2) is 92.6 Å². The van der Waals surface area contributed by atoms with Crippen molar-refractivity contribution in [1.29, 1.82) is 0 Å². The minimum Gasteiger partial charge on any atom is -0.497 e. The Bertz CT molecular complexity index is 2190. The molecule has 1 amide bonds. The second-order valence-corrected chi connectivity index (χ2v) is 14.3. The summed E-state index contributed by atoms with van der Waals surface area (Å²) in [6, 6.07) is 19.3. The summed E-state index contributed by atoms with van der Waals surface area (Å²) in [5, 5.41) is 14.5. The molecule has 2 atom stereocenters. The molecule has 1 aliphatic rings. The van der Waals surface area contributed by atoms with Gasteiger partial charge in [-0.05, 0) is 72.2 Å². The number of benzene rings is 3. The maximum atomic E-state index is 13.6. The largest absolute Gasteiger partial charge is 0.497 e. The number of aromatic nitrogens is 2. The number of H-pyrrole nitrogens is 1. The van der Waals surface area contributed by atoms with Crippen molar-refractivity contribution in [3.05, 3.63) is 102 Å². The Hall–Kier alpha value is -5.15. The number of ether oxygens (including phenoxy) is 4. The van der Waals surface area contributed by atoms with Crippen molar-refractivity contribution in [1.82, 2.24) is 19.2 Å². The van der Waals surface area contributed by atoms with Crippen LogP contribution in [-0.2, 0) is 30.7 Å². The van der Waals surface area contributed by atoms with E-state index in [4.69, 9.17) is 18.9 Å². The Morgan fingerprint density at radius 3 is 2.50 bits per heavy atom. The molecule has 3 aromatic carbocycles. The van der Waals surface area contributed by atoms with Gasteiger partial charge >= 0.3 is 0 Å². The number of sulfonamides is 1. The summed E-state index contributed by atoms with van der Waals surface area (Å²) in [5.41, 5.74) is 3.54. The van der Waals surface area contributed by atoms with Crippen molar-refractivity contribution in [2.75, 3.05) is 47.1 Å². The topological polar surface area (TPSA) is 161 Å². The van der Waals surface area contributed by atoms with E-state index in [1.54, 1.807) is 36.1 Å². The molecular formula is C38H42N4O9S. The predicted molar refractivity (Wildman–Crippen MR) is 195 cm³/mol. The molecule has 0 fully saturated rings. The van der Waals surface area contributed by atoms with Crippen molar-refractivity contribution in [2.24, 2.45) is 0 Å². The highest BCUT2D eigenvalue weighted by molar-refractivity contribution is 7.89. The molecule has 0 aliphatic carbocycles. The second kappa shape index (κ2) is 16.0. The highest BCUT2D eigenvalue weighted by atomic mass is 32.2. The molecule has 2 aromatic heterocycles. The van der Waals surface area contributed by atoms with Gasteiger partial charge in [0, 0.05) is 67.6 Å². The van der Waals surface area contributed by atoms with Crippen LogP contribution in [0.25, 0.3) is 21.8 Å². The van der Waals surface area contributed by atoms with Crippen LogP contribution in [0.5, 0.6) is 11.5 Å². The van der Waals surface area contributed by atoms with Crippen LogP contribution in [0.4, 0.5) is 0 Å². The Kier molecular flexibility index (Phi) is 11.3. The van der Waals surface area contributed by atoms with Gasteiger partial charge in [0.15, 0.2) is 5.76 Å². The van der Waals surface area contributed by atoms with E-state index in [2.05, 4.69) is 10.3 Å². The van der Waals surface area contributed by atoms with Gasteiger partial charge in [0.1, 0.15) is 11.5 Å². The summed E-state index contributed by atoms with van der Waals surface area (Å²) < 4.78 is 52.3. The van der Waals surface area contributed by atoms with Gasteiger partial charge in [-0.2, -0.15) is 4.31 Å². The van der Waals surface area contributed by atoms with Crippen LogP contribution in [0.2, 0.25) is 0 Å². The lowest BCUT2D eigenvalue weighted by atomic mass is 9.92. The summed E-state index contributed by atoms with van der Waals surface area (Å²) in [6.07, 6.45) is 5.35. The molecule has 0 spiro atoms. The first-order valence-electron chi connectivity index (χ1n) is 16.9. The quantitative estimate of drug-likeness (QED) is 0.140. The fourth-order valence-electron chi connectivity index (χ4n) is 6.43. The minimum absolute atomic E-state index is 0.0475. The number of nitrogens with zero attached hydrogens (tertiary/aromatic N) is 2. The lowest BCUT2D eigenvalue weighted by molar-refractivity contribution is -0.146. The van der Waals surface area contributed by atoms with E-state index in [-0.39, 0.29) is 42.2 Å². The predicted octanol–water partition coefficient (Wildman–Crippen LogP) is 4.57. The molecule has 1 aliphatic heterocycles. The summed E-state index contributed by atoms with van der Waals surface area (Å²) in [6.45, 7) is 1.11. The number of nitrogens with one attached hydrogen (secondary N) is 2. The highest BCUT2D eigenvalue weighted by Gasteiger charge is 2.32. The van der Waals surface area contributed by atoms with Gasteiger partial charge in [0.05, 0.1) is 37.8 Å². The number of aliphatic hydroxyl groups is 1. The van der Waals surface area contributed by atoms with Crippen LogP contribution in [0.3, 0.4) is 0 Å². The van der Waals surface area contributed by atoms with Crippen LogP contribution in [0.1, 0.15) is 35.2 Å². The van der Waals surface area contributed by atoms with E-state index < -0.39 is 28.8 Å². The smallest absolute Gasteiger partial charge is 0.286 e. The summed E-state index contributed by atoms with van der Waals surface area (Å²) in [5.74, 6) is 0.343. The molecule has 14 heteroatoms. The number of para-hydroxylation sites is 1. The maximum absolute atomic E-state index is 13.6. The number of allylic oxidation sites excluding steroid dienone is 1. The fourth-order valence-corrected chi connectivity index (χ4v) is 7.85. The molecule has 0 radical (unpaired) electrons. The van der Waals surface area contributed by atoms with Gasteiger partial charge in [-0.15, -0.1) is 0 Å². The Labute approximate surface area is 301 Å². The van der Waals surface area contributed by atoms with E-state index in [1.807, 2.05) is 48.7 Å². The first-order valence-corrected chi connectivity index (χ1v) is 18.3. The monoisotopic (exact) mass is 730 g/mol. The Balaban J connectivity index is 1.20. The lowest BCUT2D eigenvalue weighted by Gasteiger charge is -2.30. The molecule has 0 unspecified atom stereocenters. The third kappa shape index (κ3) is 7.84. The molecule has 0 saturated carbocycles. The van der Waals surface area contributed by atoms with Crippen LogP contribution >= 0.6 is 0 Å². The number of aromatic amines is 1. The molecule has 5 aromatic rings. The summed E-state index contributed by atoms with van der Waals surface area (Å²) in [4.78, 5) is 29.5. The van der Waals surface area contributed by atoms with Crippen molar-refractivity contribution < 1.29 is 42.1 Å². The average molecular weight is 731 g/mol. The standard InChI is InChI=1S/C38H42N4O9S/c1-25(44)42-24-33(31-6-4-5-7-35(31)42)27-20-36(38(45)39-15-14-26-23-40-34-13-10-29(49-3)22-32(26)34)51-37(21-27)50-19-17-41(16-18-43)52(46,47)30-11-8-28(48-2)9-12-30/h4-13,20,22-24,27,37,40,43H,14-19,21H2,1-3H3,(H,39,45)/t27-,37+/m1/s1. The number of methoxy groups -OCH3 is 2. The fraction of sp³-hybridized carbons (Fsp3) is 0.316. The zero-order valence-electron chi connectivity index (χ0n) is 29.2. The highest BCUT2D eigenvalue weighted by Crippen LogP contribution is 2.36. The van der Waals surface area contributed by atoms with Gasteiger partial charge in [-0.25, -0.2) is 8.42 Å². The van der Waals surface area contributed by atoms with Crippen molar-refractivity contribution in [2.45, 2.75) is 36.9 Å². The van der Waals surface area contributed by atoms with Crippen molar-refractivity contribution in [3.8, 4) is 11.5 Å². The number of hydrogen-bond acceptors (Lipinski definition) is 9. The van der Waals surface area contributed by atoms with Crippen LogP contribution in [0.15, 0.2) is 95.9 Å². The number of aliphatic hydroxyl groups excluding tert-OH is 1.